The summed E-state index contributed by atoms with van der Waals surface area (Å²) in [5.74, 6) is -2.17. The van der Waals surface area contributed by atoms with Crippen LogP contribution in [0.5, 0.6) is 11.8 Å². The molecule has 4 aliphatic rings. The normalized spacial score (nSPS) is 28.7. The second kappa shape index (κ2) is 16.0. The SMILES string of the molecule is CC1CCC=CC2CC2(C(=O)NS(=O)(=O)C2CC2)NC(=O)C2CC(Oc3nc(OC(C)C)cc4c(Cl)cccc34)CN2C(=O)C(NC(=O)OC(C)(C)C)C(C)C1. The fourth-order valence-electron chi connectivity index (χ4n) is 7.67. The second-order valence-corrected chi connectivity index (χ2v) is 19.5. The van der Waals surface area contributed by atoms with Gasteiger partial charge in [0, 0.05) is 34.2 Å². The Balaban J connectivity index is 1.37. The fourth-order valence-corrected chi connectivity index (χ4v) is 9.26. The molecule has 3 fully saturated rings. The topological polar surface area (TPSA) is 182 Å². The van der Waals surface area contributed by atoms with Crippen LogP contribution in [0.1, 0.15) is 93.4 Å². The van der Waals surface area contributed by atoms with Crippen molar-refractivity contribution in [1.82, 2.24) is 25.2 Å². The molecule has 0 radical (unpaired) electrons. The van der Waals surface area contributed by atoms with Crippen molar-refractivity contribution in [3.8, 4) is 11.8 Å². The summed E-state index contributed by atoms with van der Waals surface area (Å²) in [5.41, 5.74) is -2.37. The average Bonchev–Trinajstić information content (AvgIpc) is 4.01. The van der Waals surface area contributed by atoms with E-state index < -0.39 is 74.3 Å². The lowest BCUT2D eigenvalue weighted by atomic mass is 9.88. The van der Waals surface area contributed by atoms with E-state index in [-0.39, 0.29) is 49.1 Å². The van der Waals surface area contributed by atoms with E-state index in [1.54, 1.807) is 45.0 Å². The van der Waals surface area contributed by atoms with Gasteiger partial charge >= 0.3 is 6.09 Å². The summed E-state index contributed by atoms with van der Waals surface area (Å²) in [4.78, 5) is 62.4. The Morgan fingerprint density at radius 3 is 2.50 bits per heavy atom. The quantitative estimate of drug-likeness (QED) is 0.292. The monoisotopic (exact) mass is 815 g/mol. The molecule has 6 rings (SSSR count). The smallest absolute Gasteiger partial charge is 0.408 e. The van der Waals surface area contributed by atoms with Gasteiger partial charge in [-0.1, -0.05) is 43.7 Å². The summed E-state index contributed by atoms with van der Waals surface area (Å²) < 4.78 is 46.1. The van der Waals surface area contributed by atoms with E-state index in [1.807, 2.05) is 32.9 Å². The van der Waals surface area contributed by atoms with E-state index in [9.17, 15) is 27.6 Å². The number of benzene rings is 1. The first-order valence-corrected chi connectivity index (χ1v) is 21.5. The molecule has 1 aromatic heterocycles. The Bertz CT molecular complexity index is 2000. The number of carbonyl (C=O) groups excluding carboxylic acids is 4. The maximum atomic E-state index is 14.8. The van der Waals surface area contributed by atoms with Crippen molar-refractivity contribution < 1.29 is 41.8 Å². The lowest BCUT2D eigenvalue weighted by Gasteiger charge is -2.33. The predicted octanol–water partition coefficient (Wildman–Crippen LogP) is 5.41. The minimum atomic E-state index is -3.92. The van der Waals surface area contributed by atoms with Gasteiger partial charge in [0.25, 0.3) is 5.91 Å². The van der Waals surface area contributed by atoms with Crippen LogP contribution in [0.2, 0.25) is 5.02 Å². The molecule has 2 saturated carbocycles. The van der Waals surface area contributed by atoms with Crippen LogP contribution in [0.25, 0.3) is 10.8 Å². The molecule has 14 nitrogen and oxygen atoms in total. The number of hydrogen-bond donors (Lipinski definition) is 3. The number of sulfonamides is 1. The third-order valence-electron chi connectivity index (χ3n) is 10.7. The molecule has 2 aromatic rings. The number of alkyl carbamates (subject to hydrolysis) is 1. The number of rotatable bonds is 8. The fraction of sp³-hybridized carbons (Fsp3) is 0.625. The molecule has 0 spiro atoms. The number of aromatic nitrogens is 1. The zero-order valence-electron chi connectivity index (χ0n) is 33.1. The number of fused-ring (bicyclic) bond motifs is 3. The highest BCUT2D eigenvalue weighted by molar-refractivity contribution is 7.91. The van der Waals surface area contributed by atoms with Crippen molar-refractivity contribution in [2.75, 3.05) is 6.54 Å². The van der Waals surface area contributed by atoms with Gasteiger partial charge in [0.2, 0.25) is 33.6 Å². The molecule has 306 valence electrons. The van der Waals surface area contributed by atoms with Crippen LogP contribution in [0, 0.1) is 17.8 Å². The highest BCUT2D eigenvalue weighted by Gasteiger charge is 2.62. The van der Waals surface area contributed by atoms with E-state index in [2.05, 4.69) is 27.3 Å². The van der Waals surface area contributed by atoms with Crippen LogP contribution in [-0.4, -0.2) is 89.3 Å². The van der Waals surface area contributed by atoms with Gasteiger partial charge in [-0.3, -0.25) is 19.1 Å². The predicted molar refractivity (Wildman–Crippen MR) is 211 cm³/mol. The third kappa shape index (κ3) is 9.53. The number of nitrogens with one attached hydrogen (secondary N) is 3. The lowest BCUT2D eigenvalue weighted by molar-refractivity contribution is -0.142. The van der Waals surface area contributed by atoms with Crippen molar-refractivity contribution in [3.63, 3.8) is 0 Å². The van der Waals surface area contributed by atoms with Crippen LogP contribution >= 0.6 is 11.6 Å². The number of halogens is 1. The minimum Gasteiger partial charge on any atom is -0.475 e. The summed E-state index contributed by atoms with van der Waals surface area (Å²) in [5, 5.41) is 6.75. The molecular formula is C40H54ClN5O9S. The molecule has 0 bridgehead atoms. The molecule has 2 aliphatic heterocycles. The standard InChI is InChI=1S/C40H54ClN5O9S/c1-22(2)53-32-19-29-28(13-10-14-30(29)41)35(42-32)54-26-18-31-34(47)44-40(37(49)45-56(51,52)27-15-16-27)20-25(40)12-9-8-11-23(3)17-24(4)33(36(48)46(31)21-26)43-38(50)55-39(5,6)7/h9-10,12-14,19,22-27,31,33H,8,11,15-18,20-21H2,1-7H3,(H,43,50)(H,44,47)(H,45,49). The molecule has 1 aromatic carbocycles. The van der Waals surface area contributed by atoms with Crippen LogP contribution < -0.4 is 24.8 Å². The summed E-state index contributed by atoms with van der Waals surface area (Å²) in [6.07, 6.45) is 5.19. The van der Waals surface area contributed by atoms with Gasteiger partial charge < -0.3 is 29.7 Å². The Morgan fingerprint density at radius 1 is 1.09 bits per heavy atom. The van der Waals surface area contributed by atoms with E-state index in [0.29, 0.717) is 41.5 Å². The number of hydrogen-bond acceptors (Lipinski definition) is 10. The summed E-state index contributed by atoms with van der Waals surface area (Å²) in [6, 6.07) is 4.80. The summed E-state index contributed by atoms with van der Waals surface area (Å²) in [6.45, 7) is 12.8. The van der Waals surface area contributed by atoms with Gasteiger partial charge in [-0.15, -0.1) is 0 Å². The molecule has 2 aliphatic carbocycles. The molecule has 1 saturated heterocycles. The van der Waals surface area contributed by atoms with Crippen LogP contribution in [0.3, 0.4) is 0 Å². The van der Waals surface area contributed by atoms with Gasteiger partial charge in [0.05, 0.1) is 17.9 Å². The molecule has 3 heterocycles. The van der Waals surface area contributed by atoms with Crippen molar-refractivity contribution in [1.29, 1.82) is 0 Å². The van der Waals surface area contributed by atoms with Gasteiger partial charge in [0.1, 0.15) is 29.3 Å². The van der Waals surface area contributed by atoms with Crippen molar-refractivity contribution in [2.24, 2.45) is 17.8 Å². The van der Waals surface area contributed by atoms with Crippen molar-refractivity contribution in [2.45, 2.75) is 134 Å². The Labute approximate surface area is 333 Å². The molecule has 16 heteroatoms. The van der Waals surface area contributed by atoms with E-state index in [0.717, 1.165) is 6.42 Å². The Morgan fingerprint density at radius 2 is 1.82 bits per heavy atom. The molecule has 56 heavy (non-hydrogen) atoms. The van der Waals surface area contributed by atoms with Crippen LogP contribution in [-0.2, 0) is 29.1 Å². The molecule has 4 amide bonds. The molecule has 7 unspecified atom stereocenters. The second-order valence-electron chi connectivity index (χ2n) is 17.1. The van der Waals surface area contributed by atoms with Crippen LogP contribution in [0.4, 0.5) is 4.79 Å². The third-order valence-corrected chi connectivity index (χ3v) is 12.8. The highest BCUT2D eigenvalue weighted by atomic mass is 35.5. The van der Waals surface area contributed by atoms with Gasteiger partial charge in [-0.2, -0.15) is 4.98 Å². The number of allylic oxidation sites excluding steroid dienone is 1. The maximum Gasteiger partial charge on any atom is 0.408 e. The Kier molecular flexibility index (Phi) is 11.9. The van der Waals surface area contributed by atoms with Gasteiger partial charge in [0.15, 0.2) is 0 Å². The Hall–Kier alpha value is -4.11. The lowest BCUT2D eigenvalue weighted by Crippen LogP contribution is -2.59. The first-order valence-electron chi connectivity index (χ1n) is 19.5. The zero-order valence-corrected chi connectivity index (χ0v) is 34.7. The number of amides is 4. The number of carbonyl (C=O) groups is 4. The first-order chi connectivity index (χ1) is 26.3. The number of nitrogens with zero attached hydrogens (tertiary/aromatic N) is 2. The average molecular weight is 816 g/mol. The van der Waals surface area contributed by atoms with Crippen molar-refractivity contribution in [3.05, 3.63) is 41.4 Å². The summed E-state index contributed by atoms with van der Waals surface area (Å²) >= 11 is 6.59. The number of ether oxygens (including phenoxy) is 3. The van der Waals surface area contributed by atoms with Gasteiger partial charge in [-0.05, 0) is 97.1 Å². The highest BCUT2D eigenvalue weighted by Crippen LogP contribution is 2.46. The van der Waals surface area contributed by atoms with E-state index in [1.165, 1.54) is 4.90 Å². The molecular weight excluding hydrogens is 762 g/mol. The van der Waals surface area contributed by atoms with Crippen molar-refractivity contribution >= 4 is 56.2 Å². The van der Waals surface area contributed by atoms with Crippen LogP contribution in [0.15, 0.2) is 36.4 Å². The van der Waals surface area contributed by atoms with E-state index in [4.69, 9.17) is 25.8 Å². The number of pyridine rings is 1. The minimum absolute atomic E-state index is 0.000896. The molecule has 7 atom stereocenters. The zero-order chi connectivity index (χ0) is 40.7. The first kappa shape index (κ1) is 41.5. The molecule has 3 N–H and O–H groups in total. The van der Waals surface area contributed by atoms with E-state index >= 15 is 0 Å². The summed E-state index contributed by atoms with van der Waals surface area (Å²) in [7, 11) is -3.92. The van der Waals surface area contributed by atoms with Gasteiger partial charge in [-0.25, -0.2) is 13.2 Å². The maximum absolute atomic E-state index is 14.8. The largest absolute Gasteiger partial charge is 0.475 e.